The van der Waals surface area contributed by atoms with Crippen molar-refractivity contribution in [3.63, 3.8) is 0 Å². The van der Waals surface area contributed by atoms with Crippen LogP contribution >= 0.6 is 0 Å². The predicted octanol–water partition coefficient (Wildman–Crippen LogP) is 16.5. The Hall–Kier alpha value is -8.08. The first-order valence-corrected chi connectivity index (χ1v) is 20.3. The zero-order valence-corrected chi connectivity index (χ0v) is 32.2. The maximum absolute atomic E-state index is 6.82. The predicted molar refractivity (Wildman–Crippen MR) is 249 cm³/mol. The van der Waals surface area contributed by atoms with Crippen molar-refractivity contribution in [3.8, 4) is 22.3 Å². The first kappa shape index (κ1) is 32.9. The molecule has 13 aromatic rings. The van der Waals surface area contributed by atoms with Gasteiger partial charge in [0.05, 0.1) is 5.39 Å². The summed E-state index contributed by atoms with van der Waals surface area (Å²) in [6, 6.07) is 70.9. The summed E-state index contributed by atoms with van der Waals surface area (Å²) < 4.78 is 19.4. The average molecular weight is 768 g/mol. The van der Waals surface area contributed by atoms with Crippen molar-refractivity contribution < 1.29 is 13.3 Å². The molecule has 4 heteroatoms. The molecular formula is C56H33NO3. The lowest BCUT2D eigenvalue weighted by molar-refractivity contribution is 0.663. The molecule has 13 rings (SSSR count). The van der Waals surface area contributed by atoms with E-state index in [-0.39, 0.29) is 0 Å². The third kappa shape index (κ3) is 4.91. The summed E-state index contributed by atoms with van der Waals surface area (Å²) in [7, 11) is 0. The van der Waals surface area contributed by atoms with Crippen molar-refractivity contribution >= 4 is 104 Å². The Kier molecular flexibility index (Phi) is 6.98. The van der Waals surface area contributed by atoms with E-state index in [2.05, 4.69) is 175 Å². The highest BCUT2D eigenvalue weighted by Gasteiger charge is 2.20. The SMILES string of the molecule is c1ccc2c(c1)cc(-c1ccc(N(c3ccc(-c4cccc5c4oc4c5ccc5oc6ccccc6c54)cc3)c3ccc4c(c3)oc3ccccc34)cc1)c1ccccc12. The Bertz CT molecular complexity index is 3830. The van der Waals surface area contributed by atoms with Gasteiger partial charge in [0, 0.05) is 55.6 Å². The van der Waals surface area contributed by atoms with Crippen LogP contribution in [-0.2, 0) is 0 Å². The van der Waals surface area contributed by atoms with Crippen LogP contribution in [0.1, 0.15) is 0 Å². The van der Waals surface area contributed by atoms with Crippen LogP contribution in [0.5, 0.6) is 0 Å². The zero-order chi connectivity index (χ0) is 39.3. The molecule has 0 N–H and O–H groups in total. The first-order valence-electron chi connectivity index (χ1n) is 20.3. The van der Waals surface area contributed by atoms with Gasteiger partial charge in [0.25, 0.3) is 0 Å². The molecule has 3 heterocycles. The van der Waals surface area contributed by atoms with Crippen LogP contribution in [0.3, 0.4) is 0 Å². The molecule has 60 heavy (non-hydrogen) atoms. The van der Waals surface area contributed by atoms with Crippen molar-refractivity contribution in [3.05, 3.63) is 200 Å². The molecular weight excluding hydrogens is 735 g/mol. The third-order valence-corrected chi connectivity index (χ3v) is 12.3. The second-order valence-electron chi connectivity index (χ2n) is 15.6. The van der Waals surface area contributed by atoms with Gasteiger partial charge in [0.15, 0.2) is 0 Å². The minimum Gasteiger partial charge on any atom is -0.456 e. The summed E-state index contributed by atoms with van der Waals surface area (Å²) >= 11 is 0. The van der Waals surface area contributed by atoms with E-state index in [0.717, 1.165) is 94.0 Å². The van der Waals surface area contributed by atoms with Crippen LogP contribution in [-0.4, -0.2) is 0 Å². The zero-order valence-electron chi connectivity index (χ0n) is 32.2. The molecule has 10 aromatic carbocycles. The Morgan fingerprint density at radius 2 is 0.833 bits per heavy atom. The van der Waals surface area contributed by atoms with Crippen LogP contribution < -0.4 is 4.90 Å². The number of rotatable bonds is 5. The highest BCUT2D eigenvalue weighted by molar-refractivity contribution is 6.23. The van der Waals surface area contributed by atoms with Crippen LogP contribution in [0.25, 0.3) is 110 Å². The largest absolute Gasteiger partial charge is 0.456 e. The standard InChI is InChI=1S/C56H33NO3/c1-2-11-40-36(10-1)32-49(43-13-4-3-12-42(40)43)35-22-26-38(27-23-35)57(39-28-29-45-44-14-5-7-18-50(44)59-53(45)33-39)37-24-20-34(21-25-37)41-16-9-17-46-47-30-31-52-54(56(47)60-55(41)46)48-15-6-8-19-51(48)58-52/h1-33H. The van der Waals surface area contributed by atoms with E-state index in [1.807, 2.05) is 30.3 Å². The lowest BCUT2D eigenvalue weighted by atomic mass is 9.93. The van der Waals surface area contributed by atoms with Crippen molar-refractivity contribution in [1.82, 2.24) is 0 Å². The molecule has 0 atom stereocenters. The van der Waals surface area contributed by atoms with E-state index in [0.29, 0.717) is 0 Å². The maximum Gasteiger partial charge on any atom is 0.147 e. The summed E-state index contributed by atoms with van der Waals surface area (Å²) in [6.45, 7) is 0. The summed E-state index contributed by atoms with van der Waals surface area (Å²) in [5.74, 6) is 0. The van der Waals surface area contributed by atoms with Gasteiger partial charge in [-0.05, 0) is 105 Å². The second kappa shape index (κ2) is 12.7. The lowest BCUT2D eigenvalue weighted by Crippen LogP contribution is -2.09. The minimum atomic E-state index is 0.827. The molecule has 280 valence electrons. The van der Waals surface area contributed by atoms with Crippen molar-refractivity contribution in [2.75, 3.05) is 4.90 Å². The number of fused-ring (bicyclic) bond motifs is 13. The van der Waals surface area contributed by atoms with E-state index in [1.54, 1.807) is 0 Å². The number of benzene rings is 10. The molecule has 0 unspecified atom stereocenters. The van der Waals surface area contributed by atoms with Gasteiger partial charge in [0.2, 0.25) is 0 Å². The van der Waals surface area contributed by atoms with Crippen LogP contribution in [0, 0.1) is 0 Å². The average Bonchev–Trinajstić information content (AvgIpc) is 4.00. The topological polar surface area (TPSA) is 42.7 Å². The molecule has 0 aliphatic heterocycles. The third-order valence-electron chi connectivity index (χ3n) is 12.3. The molecule has 0 aliphatic rings. The Balaban J connectivity index is 0.943. The highest BCUT2D eigenvalue weighted by atomic mass is 16.3. The fraction of sp³-hybridized carbons (Fsp3) is 0. The summed E-state index contributed by atoms with van der Waals surface area (Å²) in [4.78, 5) is 2.31. The number of anilines is 3. The van der Waals surface area contributed by atoms with Gasteiger partial charge < -0.3 is 18.2 Å². The number of nitrogens with zero attached hydrogens (tertiary/aromatic N) is 1. The summed E-state index contributed by atoms with van der Waals surface area (Å²) in [5.41, 5.74) is 12.7. The highest BCUT2D eigenvalue weighted by Crippen LogP contribution is 2.44. The Morgan fingerprint density at radius 1 is 0.283 bits per heavy atom. The van der Waals surface area contributed by atoms with Crippen LogP contribution in [0.2, 0.25) is 0 Å². The Labute approximate surface area is 343 Å². The molecule has 3 aromatic heterocycles. The van der Waals surface area contributed by atoms with E-state index >= 15 is 0 Å². The fourth-order valence-electron chi connectivity index (χ4n) is 9.47. The first-order chi connectivity index (χ1) is 29.7. The van der Waals surface area contributed by atoms with Crippen LogP contribution in [0.4, 0.5) is 17.1 Å². The van der Waals surface area contributed by atoms with E-state index < -0.39 is 0 Å². The van der Waals surface area contributed by atoms with E-state index in [4.69, 9.17) is 13.3 Å². The molecule has 0 fully saturated rings. The van der Waals surface area contributed by atoms with Gasteiger partial charge in [-0.15, -0.1) is 0 Å². The quantitative estimate of drug-likeness (QED) is 0.164. The molecule has 0 saturated carbocycles. The van der Waals surface area contributed by atoms with E-state index in [1.165, 1.54) is 32.7 Å². The molecule has 0 saturated heterocycles. The Morgan fingerprint density at radius 3 is 1.62 bits per heavy atom. The van der Waals surface area contributed by atoms with Crippen molar-refractivity contribution in [1.29, 1.82) is 0 Å². The molecule has 0 aliphatic carbocycles. The fourth-order valence-corrected chi connectivity index (χ4v) is 9.47. The van der Waals surface area contributed by atoms with Gasteiger partial charge >= 0.3 is 0 Å². The van der Waals surface area contributed by atoms with Gasteiger partial charge in [0.1, 0.15) is 33.5 Å². The molecule has 0 radical (unpaired) electrons. The molecule has 0 amide bonds. The van der Waals surface area contributed by atoms with Gasteiger partial charge in [-0.25, -0.2) is 0 Å². The van der Waals surface area contributed by atoms with Crippen molar-refractivity contribution in [2.24, 2.45) is 0 Å². The monoisotopic (exact) mass is 767 g/mol. The lowest BCUT2D eigenvalue weighted by Gasteiger charge is -2.26. The number of para-hydroxylation sites is 3. The van der Waals surface area contributed by atoms with E-state index in [9.17, 15) is 0 Å². The van der Waals surface area contributed by atoms with Crippen LogP contribution in [0.15, 0.2) is 213 Å². The number of hydrogen-bond acceptors (Lipinski definition) is 4. The van der Waals surface area contributed by atoms with Gasteiger partial charge in [-0.3, -0.25) is 0 Å². The number of furan rings is 3. The van der Waals surface area contributed by atoms with Gasteiger partial charge in [-0.1, -0.05) is 127 Å². The normalized spacial score (nSPS) is 12.0. The smallest absolute Gasteiger partial charge is 0.147 e. The van der Waals surface area contributed by atoms with Crippen molar-refractivity contribution in [2.45, 2.75) is 0 Å². The maximum atomic E-state index is 6.82. The molecule has 0 spiro atoms. The minimum absolute atomic E-state index is 0.827. The molecule has 4 nitrogen and oxygen atoms in total. The summed E-state index contributed by atoms with van der Waals surface area (Å²) in [6.07, 6.45) is 0. The van der Waals surface area contributed by atoms with Gasteiger partial charge in [-0.2, -0.15) is 0 Å². The molecule has 0 bridgehead atoms. The number of hydrogen-bond donors (Lipinski definition) is 0. The second-order valence-corrected chi connectivity index (χ2v) is 15.6. The summed E-state index contributed by atoms with van der Waals surface area (Å²) in [5, 5.41) is 11.5.